The molecule has 22 heavy (non-hydrogen) atoms. The van der Waals surface area contributed by atoms with E-state index in [1.54, 1.807) is 13.2 Å². The molecular formula is C18H22N2O2. The highest BCUT2D eigenvalue weighted by atomic mass is 16.5. The zero-order valence-corrected chi connectivity index (χ0v) is 12.9. The first kappa shape index (κ1) is 14.7. The van der Waals surface area contributed by atoms with E-state index in [4.69, 9.17) is 4.74 Å². The first-order chi connectivity index (χ1) is 10.8. The van der Waals surface area contributed by atoms with E-state index in [9.17, 15) is 5.11 Å². The average molecular weight is 298 g/mol. The van der Waals surface area contributed by atoms with Gasteiger partial charge in [0, 0.05) is 38.3 Å². The third-order valence-electron chi connectivity index (χ3n) is 4.18. The Bertz CT molecular complexity index is 622. The minimum atomic E-state index is 0.384. The topological polar surface area (TPSA) is 35.9 Å². The molecule has 1 saturated heterocycles. The highest BCUT2D eigenvalue weighted by Gasteiger charge is 2.20. The Kier molecular flexibility index (Phi) is 4.49. The first-order valence-corrected chi connectivity index (χ1v) is 7.65. The maximum Gasteiger partial charge on any atom is 0.142 e. The highest BCUT2D eigenvalue weighted by molar-refractivity contribution is 5.58. The Balaban J connectivity index is 1.62. The summed E-state index contributed by atoms with van der Waals surface area (Å²) < 4.78 is 5.45. The van der Waals surface area contributed by atoms with Gasteiger partial charge in [0.2, 0.25) is 0 Å². The fourth-order valence-corrected chi connectivity index (χ4v) is 2.92. The Morgan fingerprint density at radius 3 is 2.36 bits per heavy atom. The van der Waals surface area contributed by atoms with Crippen molar-refractivity contribution in [3.05, 3.63) is 54.1 Å². The Labute approximate surface area is 131 Å². The van der Waals surface area contributed by atoms with Crippen LogP contribution in [-0.2, 0) is 6.54 Å². The van der Waals surface area contributed by atoms with Crippen LogP contribution in [0.25, 0.3) is 0 Å². The van der Waals surface area contributed by atoms with E-state index in [0.717, 1.165) is 49.7 Å². The zero-order valence-electron chi connectivity index (χ0n) is 12.9. The van der Waals surface area contributed by atoms with Gasteiger partial charge < -0.3 is 14.7 Å². The number of hydrogen-bond donors (Lipinski definition) is 1. The van der Waals surface area contributed by atoms with Gasteiger partial charge in [0.05, 0.1) is 12.8 Å². The van der Waals surface area contributed by atoms with E-state index < -0.39 is 0 Å². The predicted octanol–water partition coefficient (Wildman–Crippen LogP) is 2.72. The molecule has 2 aromatic rings. The van der Waals surface area contributed by atoms with Crippen molar-refractivity contribution in [2.24, 2.45) is 0 Å². The quantitative estimate of drug-likeness (QED) is 0.941. The van der Waals surface area contributed by atoms with Gasteiger partial charge in [-0.25, -0.2) is 0 Å². The Morgan fingerprint density at radius 2 is 1.64 bits per heavy atom. The van der Waals surface area contributed by atoms with Crippen LogP contribution in [0.4, 0.5) is 5.69 Å². The van der Waals surface area contributed by atoms with Crippen molar-refractivity contribution < 1.29 is 9.84 Å². The summed E-state index contributed by atoms with van der Waals surface area (Å²) in [6, 6.07) is 15.7. The van der Waals surface area contributed by atoms with Crippen LogP contribution >= 0.6 is 0 Å². The van der Waals surface area contributed by atoms with Crippen LogP contribution < -0.4 is 9.64 Å². The molecule has 0 amide bonds. The van der Waals surface area contributed by atoms with E-state index in [2.05, 4.69) is 15.9 Å². The molecule has 0 saturated carbocycles. The average Bonchev–Trinajstić information content (AvgIpc) is 2.58. The van der Waals surface area contributed by atoms with Crippen LogP contribution in [0.15, 0.2) is 48.5 Å². The molecule has 3 rings (SSSR count). The lowest BCUT2D eigenvalue weighted by molar-refractivity contribution is 0.246. The maximum absolute atomic E-state index is 9.89. The molecule has 4 nitrogen and oxygen atoms in total. The molecule has 0 atom stereocenters. The summed E-state index contributed by atoms with van der Waals surface area (Å²) >= 11 is 0. The molecule has 1 aliphatic rings. The number of para-hydroxylation sites is 3. The first-order valence-electron chi connectivity index (χ1n) is 7.65. The van der Waals surface area contributed by atoms with Gasteiger partial charge in [-0.2, -0.15) is 0 Å². The summed E-state index contributed by atoms with van der Waals surface area (Å²) in [5.41, 5.74) is 2.15. The number of phenols is 1. The van der Waals surface area contributed by atoms with E-state index in [-0.39, 0.29) is 0 Å². The third-order valence-corrected chi connectivity index (χ3v) is 4.18. The molecule has 1 fully saturated rings. The predicted molar refractivity (Wildman–Crippen MR) is 88.6 cm³/mol. The smallest absolute Gasteiger partial charge is 0.142 e. The van der Waals surface area contributed by atoms with Gasteiger partial charge in [-0.1, -0.05) is 30.3 Å². The van der Waals surface area contributed by atoms with Gasteiger partial charge in [0.1, 0.15) is 11.5 Å². The van der Waals surface area contributed by atoms with Crippen molar-refractivity contribution in [3.63, 3.8) is 0 Å². The van der Waals surface area contributed by atoms with E-state index >= 15 is 0 Å². The van der Waals surface area contributed by atoms with Crippen molar-refractivity contribution in [1.29, 1.82) is 0 Å². The molecule has 0 unspecified atom stereocenters. The Morgan fingerprint density at radius 1 is 0.955 bits per heavy atom. The molecule has 2 aromatic carbocycles. The number of benzene rings is 2. The van der Waals surface area contributed by atoms with Crippen LogP contribution in [-0.4, -0.2) is 43.3 Å². The molecule has 0 aromatic heterocycles. The molecule has 0 aliphatic carbocycles. The molecule has 4 heteroatoms. The number of hydrogen-bond acceptors (Lipinski definition) is 4. The number of piperazine rings is 1. The number of ether oxygens (including phenoxy) is 1. The summed E-state index contributed by atoms with van der Waals surface area (Å²) in [7, 11) is 1.72. The number of phenolic OH excluding ortho intramolecular Hbond substituents is 1. The lowest BCUT2D eigenvalue weighted by Gasteiger charge is -2.36. The Hall–Kier alpha value is -2.20. The summed E-state index contributed by atoms with van der Waals surface area (Å²) in [6.07, 6.45) is 0. The van der Waals surface area contributed by atoms with Gasteiger partial charge in [-0.3, -0.25) is 4.90 Å². The normalized spacial score (nSPS) is 15.8. The summed E-state index contributed by atoms with van der Waals surface area (Å²) in [5, 5.41) is 9.89. The van der Waals surface area contributed by atoms with Crippen molar-refractivity contribution in [2.75, 3.05) is 38.2 Å². The number of aromatic hydroxyl groups is 1. The third kappa shape index (κ3) is 3.17. The van der Waals surface area contributed by atoms with Crippen LogP contribution in [0.5, 0.6) is 11.5 Å². The van der Waals surface area contributed by atoms with Crippen molar-refractivity contribution in [2.45, 2.75) is 6.54 Å². The van der Waals surface area contributed by atoms with Crippen LogP contribution in [0.3, 0.4) is 0 Å². The van der Waals surface area contributed by atoms with Crippen LogP contribution in [0.1, 0.15) is 5.56 Å². The van der Waals surface area contributed by atoms with Gasteiger partial charge in [-0.05, 0) is 18.2 Å². The molecule has 0 spiro atoms. The van der Waals surface area contributed by atoms with Gasteiger partial charge in [0.15, 0.2) is 0 Å². The number of anilines is 1. The van der Waals surface area contributed by atoms with Gasteiger partial charge >= 0.3 is 0 Å². The molecule has 0 radical (unpaired) electrons. The summed E-state index contributed by atoms with van der Waals surface area (Å²) in [4.78, 5) is 4.74. The largest absolute Gasteiger partial charge is 0.508 e. The van der Waals surface area contributed by atoms with E-state index in [1.165, 1.54) is 0 Å². The lowest BCUT2D eigenvalue weighted by Crippen LogP contribution is -2.46. The fraction of sp³-hybridized carbons (Fsp3) is 0.333. The highest BCUT2D eigenvalue weighted by Crippen LogP contribution is 2.28. The molecule has 1 heterocycles. The van der Waals surface area contributed by atoms with Crippen molar-refractivity contribution >= 4 is 5.69 Å². The number of rotatable bonds is 4. The van der Waals surface area contributed by atoms with E-state index in [1.807, 2.05) is 36.4 Å². The van der Waals surface area contributed by atoms with Gasteiger partial charge in [0.25, 0.3) is 0 Å². The van der Waals surface area contributed by atoms with Crippen molar-refractivity contribution in [1.82, 2.24) is 4.90 Å². The van der Waals surface area contributed by atoms with Crippen LogP contribution in [0, 0.1) is 0 Å². The minimum Gasteiger partial charge on any atom is -0.508 e. The SMILES string of the molecule is COc1ccccc1N1CCN(Cc2ccccc2O)CC1. The second-order valence-electron chi connectivity index (χ2n) is 5.56. The van der Waals surface area contributed by atoms with Crippen LogP contribution in [0.2, 0.25) is 0 Å². The molecule has 1 aliphatic heterocycles. The monoisotopic (exact) mass is 298 g/mol. The second-order valence-corrected chi connectivity index (χ2v) is 5.56. The molecule has 1 N–H and O–H groups in total. The molecule has 116 valence electrons. The summed E-state index contributed by atoms with van der Waals surface area (Å²) in [6.45, 7) is 4.69. The minimum absolute atomic E-state index is 0.384. The van der Waals surface area contributed by atoms with Crippen molar-refractivity contribution in [3.8, 4) is 11.5 Å². The second kappa shape index (κ2) is 6.71. The zero-order chi connectivity index (χ0) is 15.4. The molecule has 0 bridgehead atoms. The fourth-order valence-electron chi connectivity index (χ4n) is 2.92. The van der Waals surface area contributed by atoms with E-state index in [0.29, 0.717) is 5.75 Å². The molecular weight excluding hydrogens is 276 g/mol. The lowest BCUT2D eigenvalue weighted by atomic mass is 10.1. The van der Waals surface area contributed by atoms with Gasteiger partial charge in [-0.15, -0.1) is 0 Å². The standard InChI is InChI=1S/C18H22N2O2/c1-22-18-9-5-3-7-16(18)20-12-10-19(11-13-20)14-15-6-2-4-8-17(15)21/h2-9,21H,10-14H2,1H3. The maximum atomic E-state index is 9.89. The number of methoxy groups -OCH3 is 1. The number of nitrogens with zero attached hydrogens (tertiary/aromatic N) is 2. The summed E-state index contributed by atoms with van der Waals surface area (Å²) in [5.74, 6) is 1.31.